The van der Waals surface area contributed by atoms with Crippen LogP contribution in [-0.4, -0.2) is 38.1 Å². The summed E-state index contributed by atoms with van der Waals surface area (Å²) < 4.78 is 1.89. The monoisotopic (exact) mass is 402 g/mol. The molecule has 2 aromatic carbocycles. The third-order valence-electron chi connectivity index (χ3n) is 5.37. The third-order valence-corrected chi connectivity index (χ3v) is 5.37. The number of aromatic hydroxyl groups is 2. The zero-order chi connectivity index (χ0) is 21.0. The maximum absolute atomic E-state index is 12.8. The van der Waals surface area contributed by atoms with Crippen LogP contribution in [0.4, 0.5) is 0 Å². The van der Waals surface area contributed by atoms with Crippen molar-refractivity contribution >= 4 is 44.8 Å². The van der Waals surface area contributed by atoms with Crippen molar-refractivity contribution in [3.63, 3.8) is 0 Å². The van der Waals surface area contributed by atoms with Gasteiger partial charge in [0.15, 0.2) is 0 Å². The Kier molecular flexibility index (Phi) is 3.90. The SMILES string of the molecule is NCCn1cc(C2=C(c3c[nH]c4ccc(O)cc34)C(=O)NC2=O)c2cc(O)ccc21. The molecule has 2 aromatic heterocycles. The van der Waals surface area contributed by atoms with Crippen molar-refractivity contribution in [3.05, 3.63) is 59.9 Å². The van der Waals surface area contributed by atoms with Crippen LogP contribution in [0, 0.1) is 0 Å². The van der Waals surface area contributed by atoms with E-state index in [2.05, 4.69) is 10.3 Å². The number of H-pyrrole nitrogens is 1. The molecule has 8 heteroatoms. The molecule has 6 N–H and O–H groups in total. The van der Waals surface area contributed by atoms with Crippen LogP contribution in [0.2, 0.25) is 0 Å². The van der Waals surface area contributed by atoms with E-state index in [0.717, 1.165) is 11.0 Å². The van der Waals surface area contributed by atoms with Gasteiger partial charge in [-0.2, -0.15) is 0 Å². The third kappa shape index (κ3) is 2.58. The van der Waals surface area contributed by atoms with Crippen molar-refractivity contribution in [2.45, 2.75) is 6.54 Å². The molecule has 8 nitrogen and oxygen atoms in total. The predicted octanol–water partition coefficient (Wildman–Crippen LogP) is 2.06. The Hall–Kier alpha value is -4.04. The van der Waals surface area contributed by atoms with Crippen LogP contribution in [0.1, 0.15) is 11.1 Å². The van der Waals surface area contributed by atoms with E-state index in [1.54, 1.807) is 48.8 Å². The number of carbonyl (C=O) groups excluding carboxylic acids is 2. The molecule has 2 amide bonds. The van der Waals surface area contributed by atoms with E-state index >= 15 is 0 Å². The summed E-state index contributed by atoms with van der Waals surface area (Å²) in [4.78, 5) is 28.7. The lowest BCUT2D eigenvalue weighted by Gasteiger charge is -2.03. The number of aromatic amines is 1. The Labute approximate surface area is 170 Å². The first-order valence-electron chi connectivity index (χ1n) is 9.40. The van der Waals surface area contributed by atoms with Crippen molar-refractivity contribution in [1.29, 1.82) is 0 Å². The molecule has 5 rings (SSSR count). The predicted molar refractivity (Wildman–Crippen MR) is 113 cm³/mol. The second-order valence-electron chi connectivity index (χ2n) is 7.19. The molecule has 0 bridgehead atoms. The van der Waals surface area contributed by atoms with Gasteiger partial charge in [0.1, 0.15) is 11.5 Å². The first kappa shape index (κ1) is 18.0. The van der Waals surface area contributed by atoms with E-state index in [1.165, 1.54) is 0 Å². The summed E-state index contributed by atoms with van der Waals surface area (Å²) in [5.74, 6) is -0.920. The fourth-order valence-electron chi connectivity index (χ4n) is 4.09. The number of fused-ring (bicyclic) bond motifs is 2. The quantitative estimate of drug-likeness (QED) is 0.333. The maximum atomic E-state index is 12.8. The summed E-state index contributed by atoms with van der Waals surface area (Å²) in [6, 6.07) is 9.68. The summed E-state index contributed by atoms with van der Waals surface area (Å²) in [7, 11) is 0. The van der Waals surface area contributed by atoms with Gasteiger partial charge in [-0.15, -0.1) is 0 Å². The number of hydrogen-bond acceptors (Lipinski definition) is 5. The maximum Gasteiger partial charge on any atom is 0.259 e. The van der Waals surface area contributed by atoms with Gasteiger partial charge in [0.2, 0.25) is 0 Å². The molecule has 1 aliphatic heterocycles. The van der Waals surface area contributed by atoms with Gasteiger partial charge in [-0.05, 0) is 36.4 Å². The van der Waals surface area contributed by atoms with E-state index in [1.807, 2.05) is 4.57 Å². The van der Waals surface area contributed by atoms with Gasteiger partial charge in [-0.3, -0.25) is 14.9 Å². The van der Waals surface area contributed by atoms with Crippen molar-refractivity contribution in [2.24, 2.45) is 5.73 Å². The standard InChI is InChI=1S/C22H18N4O4/c23-5-6-26-10-16(14-8-12(28)2-4-18(14)26)20-19(21(29)25-22(20)30)15-9-24-17-3-1-11(27)7-13(15)17/h1-4,7-10,24,27-28H,5-6,23H2,(H,25,29,30). The van der Waals surface area contributed by atoms with Crippen LogP contribution in [0.25, 0.3) is 33.0 Å². The minimum Gasteiger partial charge on any atom is -0.508 e. The van der Waals surface area contributed by atoms with Crippen LogP contribution >= 0.6 is 0 Å². The highest BCUT2D eigenvalue weighted by atomic mass is 16.3. The van der Waals surface area contributed by atoms with Crippen molar-refractivity contribution in [2.75, 3.05) is 6.54 Å². The van der Waals surface area contributed by atoms with E-state index < -0.39 is 11.8 Å². The van der Waals surface area contributed by atoms with Gasteiger partial charge < -0.3 is 25.5 Å². The summed E-state index contributed by atoms with van der Waals surface area (Å²) in [6.07, 6.45) is 3.42. The number of phenolic OH excluding ortho intramolecular Hbond substituents is 2. The lowest BCUT2D eigenvalue weighted by Crippen LogP contribution is -2.22. The summed E-state index contributed by atoms with van der Waals surface area (Å²) in [6.45, 7) is 0.906. The van der Waals surface area contributed by atoms with Gasteiger partial charge >= 0.3 is 0 Å². The second-order valence-corrected chi connectivity index (χ2v) is 7.19. The molecule has 3 heterocycles. The van der Waals surface area contributed by atoms with Crippen molar-refractivity contribution in [3.8, 4) is 11.5 Å². The summed E-state index contributed by atoms with van der Waals surface area (Å²) in [5.41, 5.74) is 8.73. The number of nitrogens with two attached hydrogens (primary N) is 1. The molecule has 0 aliphatic carbocycles. The Morgan fingerprint density at radius 1 is 0.900 bits per heavy atom. The Bertz CT molecular complexity index is 1390. The molecule has 4 aromatic rings. The highest BCUT2D eigenvalue weighted by Gasteiger charge is 2.35. The van der Waals surface area contributed by atoms with Gasteiger partial charge in [0.05, 0.1) is 11.1 Å². The number of nitrogens with zero attached hydrogens (tertiary/aromatic N) is 1. The smallest absolute Gasteiger partial charge is 0.259 e. The minimum absolute atomic E-state index is 0.0538. The number of carbonyl (C=O) groups is 2. The molecule has 150 valence electrons. The molecule has 0 fully saturated rings. The van der Waals surface area contributed by atoms with Crippen molar-refractivity contribution in [1.82, 2.24) is 14.9 Å². The Morgan fingerprint density at radius 2 is 1.57 bits per heavy atom. The minimum atomic E-state index is -0.515. The molecular formula is C22H18N4O4. The number of nitrogens with one attached hydrogen (secondary N) is 2. The topological polar surface area (TPSA) is 133 Å². The number of rotatable bonds is 4. The molecule has 0 radical (unpaired) electrons. The fraction of sp³-hybridized carbons (Fsp3) is 0.0909. The van der Waals surface area contributed by atoms with Crippen LogP contribution in [0.5, 0.6) is 11.5 Å². The number of benzene rings is 2. The fourth-order valence-corrected chi connectivity index (χ4v) is 4.09. The molecule has 0 unspecified atom stereocenters. The van der Waals surface area contributed by atoms with E-state index in [0.29, 0.717) is 35.0 Å². The molecule has 0 saturated carbocycles. The van der Waals surface area contributed by atoms with Gasteiger partial charge in [-0.1, -0.05) is 0 Å². The lowest BCUT2D eigenvalue weighted by molar-refractivity contribution is -0.122. The highest BCUT2D eigenvalue weighted by Crippen LogP contribution is 2.39. The molecular weight excluding hydrogens is 384 g/mol. The van der Waals surface area contributed by atoms with Crippen LogP contribution < -0.4 is 11.1 Å². The van der Waals surface area contributed by atoms with Crippen molar-refractivity contribution < 1.29 is 19.8 Å². The van der Waals surface area contributed by atoms with E-state index in [9.17, 15) is 19.8 Å². The number of imide groups is 1. The molecule has 0 spiro atoms. The van der Waals surface area contributed by atoms with Gasteiger partial charge in [-0.25, -0.2) is 0 Å². The molecule has 30 heavy (non-hydrogen) atoms. The number of aromatic nitrogens is 2. The van der Waals surface area contributed by atoms with Crippen LogP contribution in [0.3, 0.4) is 0 Å². The van der Waals surface area contributed by atoms with Crippen LogP contribution in [0.15, 0.2) is 48.8 Å². The van der Waals surface area contributed by atoms with Gasteiger partial charge in [0, 0.05) is 58.4 Å². The largest absolute Gasteiger partial charge is 0.508 e. The first-order valence-corrected chi connectivity index (χ1v) is 9.40. The molecule has 0 atom stereocenters. The summed E-state index contributed by atoms with van der Waals surface area (Å²) >= 11 is 0. The van der Waals surface area contributed by atoms with Crippen LogP contribution in [-0.2, 0) is 16.1 Å². The molecule has 1 aliphatic rings. The number of phenols is 2. The molecule has 0 saturated heterocycles. The van der Waals surface area contributed by atoms with E-state index in [-0.39, 0.29) is 22.6 Å². The summed E-state index contributed by atoms with van der Waals surface area (Å²) in [5, 5.41) is 23.6. The average Bonchev–Trinajstić information content (AvgIpc) is 3.35. The lowest BCUT2D eigenvalue weighted by atomic mass is 9.95. The first-order chi connectivity index (χ1) is 14.5. The second kappa shape index (κ2) is 6.50. The zero-order valence-corrected chi connectivity index (χ0v) is 15.8. The Balaban J connectivity index is 1.84. The highest BCUT2D eigenvalue weighted by molar-refractivity contribution is 6.50. The number of hydrogen-bond donors (Lipinski definition) is 5. The number of amides is 2. The Morgan fingerprint density at radius 3 is 2.30 bits per heavy atom. The van der Waals surface area contributed by atoms with E-state index in [4.69, 9.17) is 5.73 Å². The average molecular weight is 402 g/mol. The zero-order valence-electron chi connectivity index (χ0n) is 15.8. The normalized spacial score (nSPS) is 14.3. The van der Waals surface area contributed by atoms with Gasteiger partial charge in [0.25, 0.3) is 11.8 Å².